The SMILES string of the molecule is CCCCCC(=O)Oc1ccc(OC(=O)C=Cc2ccc(C(=O)OCCCCCCCCOC(=O)c3cc(N)cc(N)c3)cc2)cc1. The largest absolute Gasteiger partial charge is 0.462 e. The second-order valence-corrected chi connectivity index (χ2v) is 11.1. The fourth-order valence-electron chi connectivity index (χ4n) is 4.52. The van der Waals surface area contributed by atoms with Gasteiger partial charge in [-0.1, -0.05) is 57.6 Å². The Labute approximate surface area is 276 Å². The van der Waals surface area contributed by atoms with Gasteiger partial charge < -0.3 is 30.4 Å². The summed E-state index contributed by atoms with van der Waals surface area (Å²) in [5.41, 5.74) is 13.8. The molecule has 0 atom stereocenters. The minimum absolute atomic E-state index is 0.286. The molecule has 0 aromatic heterocycles. The molecular formula is C37H44N2O8. The van der Waals surface area contributed by atoms with Gasteiger partial charge in [0.25, 0.3) is 0 Å². The van der Waals surface area contributed by atoms with Crippen molar-refractivity contribution in [1.82, 2.24) is 0 Å². The Morgan fingerprint density at radius 3 is 1.72 bits per heavy atom. The molecule has 0 aliphatic rings. The van der Waals surface area contributed by atoms with Crippen LogP contribution < -0.4 is 20.9 Å². The van der Waals surface area contributed by atoms with Gasteiger partial charge in [0.05, 0.1) is 24.3 Å². The molecule has 0 aliphatic heterocycles. The number of unbranched alkanes of at least 4 members (excludes halogenated alkanes) is 7. The number of anilines is 2. The van der Waals surface area contributed by atoms with E-state index in [2.05, 4.69) is 6.92 Å². The number of nitrogen functional groups attached to an aromatic ring is 2. The van der Waals surface area contributed by atoms with E-state index < -0.39 is 17.9 Å². The number of carbonyl (C=O) groups excluding carboxylic acids is 4. The van der Waals surface area contributed by atoms with Gasteiger partial charge in [-0.2, -0.15) is 0 Å². The average Bonchev–Trinajstić information content (AvgIpc) is 3.05. The molecule has 0 heterocycles. The van der Waals surface area contributed by atoms with E-state index in [0.29, 0.717) is 59.2 Å². The van der Waals surface area contributed by atoms with Crippen molar-refractivity contribution in [3.8, 4) is 11.5 Å². The van der Waals surface area contributed by atoms with Crippen LogP contribution >= 0.6 is 0 Å². The van der Waals surface area contributed by atoms with Gasteiger partial charge in [-0.05, 0) is 85.5 Å². The monoisotopic (exact) mass is 644 g/mol. The van der Waals surface area contributed by atoms with Crippen molar-refractivity contribution in [2.24, 2.45) is 0 Å². The highest BCUT2D eigenvalue weighted by atomic mass is 16.5. The molecule has 0 unspecified atom stereocenters. The minimum Gasteiger partial charge on any atom is -0.462 e. The fraction of sp³-hybridized carbons (Fsp3) is 0.351. The van der Waals surface area contributed by atoms with Gasteiger partial charge in [0.1, 0.15) is 11.5 Å². The van der Waals surface area contributed by atoms with E-state index in [1.54, 1.807) is 72.8 Å². The molecule has 0 saturated carbocycles. The van der Waals surface area contributed by atoms with Crippen LogP contribution in [0.15, 0.2) is 72.8 Å². The van der Waals surface area contributed by atoms with Crippen LogP contribution in [0.1, 0.15) is 97.4 Å². The van der Waals surface area contributed by atoms with E-state index in [1.807, 2.05) is 0 Å². The van der Waals surface area contributed by atoms with E-state index in [1.165, 1.54) is 6.08 Å². The number of rotatable bonds is 19. The Morgan fingerprint density at radius 2 is 1.15 bits per heavy atom. The van der Waals surface area contributed by atoms with Gasteiger partial charge in [0, 0.05) is 23.9 Å². The first-order valence-electron chi connectivity index (χ1n) is 16.0. The normalized spacial score (nSPS) is 10.8. The molecule has 0 saturated heterocycles. The summed E-state index contributed by atoms with van der Waals surface area (Å²) >= 11 is 0. The molecule has 10 nitrogen and oxygen atoms in total. The Balaban J connectivity index is 1.25. The maximum absolute atomic E-state index is 12.4. The molecule has 0 aliphatic carbocycles. The Hall–Kier alpha value is -5.12. The third-order valence-electron chi connectivity index (χ3n) is 7.03. The van der Waals surface area contributed by atoms with Crippen molar-refractivity contribution in [1.29, 1.82) is 0 Å². The zero-order chi connectivity index (χ0) is 33.9. The van der Waals surface area contributed by atoms with Gasteiger partial charge in [-0.25, -0.2) is 14.4 Å². The lowest BCUT2D eigenvalue weighted by atomic mass is 10.1. The van der Waals surface area contributed by atoms with Crippen molar-refractivity contribution < 1.29 is 38.1 Å². The molecule has 0 fully saturated rings. The summed E-state index contributed by atoms with van der Waals surface area (Å²) in [6.45, 7) is 2.73. The zero-order valence-corrected chi connectivity index (χ0v) is 26.9. The lowest BCUT2D eigenvalue weighted by molar-refractivity contribution is -0.134. The van der Waals surface area contributed by atoms with E-state index in [-0.39, 0.29) is 5.97 Å². The average molecular weight is 645 g/mol. The fourth-order valence-corrected chi connectivity index (χ4v) is 4.52. The lowest BCUT2D eigenvalue weighted by Crippen LogP contribution is -2.08. The third-order valence-corrected chi connectivity index (χ3v) is 7.03. The van der Waals surface area contributed by atoms with Crippen LogP contribution in [0.3, 0.4) is 0 Å². The first-order valence-corrected chi connectivity index (χ1v) is 16.0. The maximum Gasteiger partial charge on any atom is 0.338 e. The Kier molecular flexibility index (Phi) is 15.5. The molecule has 0 bridgehead atoms. The van der Waals surface area contributed by atoms with Crippen LogP contribution in [-0.2, 0) is 19.1 Å². The van der Waals surface area contributed by atoms with Crippen LogP contribution in [0.5, 0.6) is 11.5 Å². The number of nitrogens with two attached hydrogens (primary N) is 2. The molecule has 10 heteroatoms. The van der Waals surface area contributed by atoms with E-state index in [9.17, 15) is 19.2 Å². The number of hydrogen-bond acceptors (Lipinski definition) is 10. The van der Waals surface area contributed by atoms with Crippen LogP contribution in [0.25, 0.3) is 6.08 Å². The maximum atomic E-state index is 12.4. The summed E-state index contributed by atoms with van der Waals surface area (Å²) in [6.07, 6.45) is 11.4. The molecule has 0 amide bonds. The summed E-state index contributed by atoms with van der Waals surface area (Å²) in [4.78, 5) is 48.5. The van der Waals surface area contributed by atoms with Crippen molar-refractivity contribution in [2.75, 3.05) is 24.7 Å². The van der Waals surface area contributed by atoms with E-state index >= 15 is 0 Å². The summed E-state index contributed by atoms with van der Waals surface area (Å²) in [5, 5.41) is 0. The number of benzene rings is 3. The van der Waals surface area contributed by atoms with Gasteiger partial charge in [0.15, 0.2) is 0 Å². The number of hydrogen-bond donors (Lipinski definition) is 2. The van der Waals surface area contributed by atoms with E-state index in [4.69, 9.17) is 30.4 Å². The molecule has 47 heavy (non-hydrogen) atoms. The standard InChI is InChI=1S/C37H44N2O8/c1-2-3-8-11-34(40)46-32-17-19-33(20-18-32)47-35(41)21-14-27-12-15-28(16-13-27)36(42)44-22-9-6-4-5-7-10-23-45-37(43)29-24-30(38)26-31(39)25-29/h12-21,24-26H,2-11,22-23,38-39H2,1H3. The number of esters is 4. The third kappa shape index (κ3) is 14.2. The van der Waals surface area contributed by atoms with Crippen LogP contribution in [0.4, 0.5) is 11.4 Å². The summed E-state index contributed by atoms with van der Waals surface area (Å²) < 4.78 is 21.2. The van der Waals surface area contributed by atoms with Gasteiger partial charge >= 0.3 is 23.9 Å². The summed E-state index contributed by atoms with van der Waals surface area (Å²) in [7, 11) is 0. The Bertz CT molecular complexity index is 1460. The molecule has 3 rings (SSSR count). The van der Waals surface area contributed by atoms with Crippen molar-refractivity contribution >= 4 is 41.3 Å². The predicted molar refractivity (Wildman–Crippen MR) is 181 cm³/mol. The van der Waals surface area contributed by atoms with Gasteiger partial charge in [-0.3, -0.25) is 4.79 Å². The van der Waals surface area contributed by atoms with Crippen molar-refractivity contribution in [3.05, 3.63) is 89.5 Å². The molecule has 3 aromatic rings. The molecule has 250 valence electrons. The lowest BCUT2D eigenvalue weighted by Gasteiger charge is -2.07. The molecule has 0 radical (unpaired) electrons. The highest BCUT2D eigenvalue weighted by molar-refractivity contribution is 5.92. The second-order valence-electron chi connectivity index (χ2n) is 11.1. The topological polar surface area (TPSA) is 157 Å². The zero-order valence-electron chi connectivity index (χ0n) is 26.9. The second kappa shape index (κ2) is 20.1. The summed E-state index contributed by atoms with van der Waals surface area (Å²) in [6, 6.07) is 17.7. The quantitative estimate of drug-likeness (QED) is 0.0446. The Morgan fingerprint density at radius 1 is 0.617 bits per heavy atom. The smallest absolute Gasteiger partial charge is 0.338 e. The summed E-state index contributed by atoms with van der Waals surface area (Å²) in [5.74, 6) is -0.974. The molecular weight excluding hydrogens is 600 g/mol. The minimum atomic E-state index is -0.568. The molecule has 0 spiro atoms. The highest BCUT2D eigenvalue weighted by Crippen LogP contribution is 2.19. The highest BCUT2D eigenvalue weighted by Gasteiger charge is 2.10. The molecule has 4 N–H and O–H groups in total. The van der Waals surface area contributed by atoms with Crippen molar-refractivity contribution in [2.45, 2.75) is 71.1 Å². The predicted octanol–water partition coefficient (Wildman–Crippen LogP) is 7.31. The van der Waals surface area contributed by atoms with Crippen LogP contribution in [-0.4, -0.2) is 37.1 Å². The van der Waals surface area contributed by atoms with Crippen molar-refractivity contribution in [3.63, 3.8) is 0 Å². The number of ether oxygens (including phenoxy) is 4. The van der Waals surface area contributed by atoms with Gasteiger partial charge in [0.2, 0.25) is 0 Å². The first-order chi connectivity index (χ1) is 22.7. The van der Waals surface area contributed by atoms with E-state index in [0.717, 1.165) is 57.8 Å². The van der Waals surface area contributed by atoms with Crippen LogP contribution in [0, 0.1) is 0 Å². The number of carbonyl (C=O) groups is 4. The van der Waals surface area contributed by atoms with Gasteiger partial charge in [-0.15, -0.1) is 0 Å². The van der Waals surface area contributed by atoms with Crippen LogP contribution in [0.2, 0.25) is 0 Å². The first kappa shape index (κ1) is 36.3. The molecule has 3 aromatic carbocycles.